The number of methoxy groups -OCH3 is 1. The summed E-state index contributed by atoms with van der Waals surface area (Å²) >= 11 is 0. The van der Waals surface area contributed by atoms with Crippen LogP contribution in [0.5, 0.6) is 5.75 Å². The third kappa shape index (κ3) is 6.67. The molecular formula is C39H45F5N4O5. The number of nitrogens with one attached hydrogen (secondary N) is 1. The normalized spacial score (nSPS) is 31.4. The van der Waals surface area contributed by atoms with Crippen molar-refractivity contribution in [1.29, 1.82) is 0 Å². The highest BCUT2D eigenvalue weighted by Crippen LogP contribution is 2.56. The van der Waals surface area contributed by atoms with Gasteiger partial charge in [0.25, 0.3) is 5.91 Å². The number of carbonyl (C=O) groups excluding carboxylic acids is 1. The summed E-state index contributed by atoms with van der Waals surface area (Å²) in [7, 11) is 1.69. The van der Waals surface area contributed by atoms with Gasteiger partial charge in [-0.15, -0.1) is 0 Å². The Bertz CT molecular complexity index is 1870. The fourth-order valence-corrected chi connectivity index (χ4v) is 10.5. The fraction of sp³-hybridized carbons (Fsp3) is 0.641. The second kappa shape index (κ2) is 13.5. The predicted octanol–water partition coefficient (Wildman–Crippen LogP) is 8.60. The number of carboxylic acid groups (broad SMARTS) is 1. The van der Waals surface area contributed by atoms with Crippen molar-refractivity contribution in [3.8, 4) is 17.1 Å². The molecule has 2 N–H and O–H groups in total. The van der Waals surface area contributed by atoms with E-state index in [2.05, 4.69) is 15.3 Å². The summed E-state index contributed by atoms with van der Waals surface area (Å²) in [6.45, 7) is 0. The van der Waals surface area contributed by atoms with Crippen molar-refractivity contribution in [3.63, 3.8) is 0 Å². The maximum atomic E-state index is 14.8. The van der Waals surface area contributed by atoms with Gasteiger partial charge in [0.15, 0.2) is 11.5 Å². The Morgan fingerprint density at radius 3 is 2.32 bits per heavy atom. The van der Waals surface area contributed by atoms with Crippen molar-refractivity contribution in [1.82, 2.24) is 19.9 Å². The molecule has 6 aliphatic rings. The molecule has 53 heavy (non-hydrogen) atoms. The largest absolute Gasteiger partial charge is 0.490 e. The molecule has 6 fully saturated rings. The lowest BCUT2D eigenvalue weighted by molar-refractivity contribution is -0.154. The van der Waals surface area contributed by atoms with Gasteiger partial charge in [0.05, 0.1) is 23.3 Å². The number of hydrogen-bond donors (Lipinski definition) is 2. The van der Waals surface area contributed by atoms with Crippen LogP contribution in [0.4, 0.5) is 22.0 Å². The number of aliphatic carboxylic acids is 1. The monoisotopic (exact) mass is 744 g/mol. The van der Waals surface area contributed by atoms with Gasteiger partial charge in [-0.25, -0.2) is 23.5 Å². The van der Waals surface area contributed by atoms with E-state index in [0.717, 1.165) is 44.7 Å². The predicted molar refractivity (Wildman–Crippen MR) is 184 cm³/mol. The number of amides is 1. The molecular weight excluding hydrogens is 699 g/mol. The molecule has 0 aliphatic heterocycles. The molecule has 14 heteroatoms. The van der Waals surface area contributed by atoms with Crippen LogP contribution in [0.15, 0.2) is 30.6 Å². The van der Waals surface area contributed by atoms with E-state index < -0.39 is 40.8 Å². The second-order valence-electron chi connectivity index (χ2n) is 16.2. The lowest BCUT2D eigenvalue weighted by Crippen LogP contribution is -2.66. The molecule has 3 aromatic rings. The van der Waals surface area contributed by atoms with E-state index in [4.69, 9.17) is 9.47 Å². The Kier molecular flexibility index (Phi) is 9.21. The summed E-state index contributed by atoms with van der Waals surface area (Å²) in [6, 6.07) is 4.90. The van der Waals surface area contributed by atoms with E-state index in [-0.39, 0.29) is 67.2 Å². The van der Waals surface area contributed by atoms with Crippen molar-refractivity contribution >= 4 is 22.8 Å². The van der Waals surface area contributed by atoms with Crippen LogP contribution in [-0.2, 0) is 15.7 Å². The van der Waals surface area contributed by atoms with E-state index in [9.17, 15) is 36.6 Å². The summed E-state index contributed by atoms with van der Waals surface area (Å²) in [5.74, 6) is -4.94. The summed E-state index contributed by atoms with van der Waals surface area (Å²) in [5.41, 5.74) is -3.13. The number of carbonyl (C=O) groups is 2. The van der Waals surface area contributed by atoms with Gasteiger partial charge in [0.1, 0.15) is 11.3 Å². The highest BCUT2D eigenvalue weighted by molar-refractivity contribution is 6.00. The molecule has 2 aromatic heterocycles. The highest BCUT2D eigenvalue weighted by Gasteiger charge is 2.60. The first kappa shape index (κ1) is 36.2. The molecule has 1 amide bonds. The number of ether oxygens (including phenoxy) is 2. The van der Waals surface area contributed by atoms with Crippen LogP contribution in [0.2, 0.25) is 0 Å². The number of hydrogen-bond acceptors (Lipinski definition) is 6. The molecule has 0 radical (unpaired) electrons. The van der Waals surface area contributed by atoms with Crippen molar-refractivity contribution in [3.05, 3.63) is 41.9 Å². The van der Waals surface area contributed by atoms with Gasteiger partial charge >= 0.3 is 12.1 Å². The number of halogens is 5. The average Bonchev–Trinajstić information content (AvgIpc) is 3.37. The van der Waals surface area contributed by atoms with Gasteiger partial charge in [-0.3, -0.25) is 4.79 Å². The number of rotatable bonds is 8. The zero-order chi connectivity index (χ0) is 37.3. The Morgan fingerprint density at radius 2 is 1.62 bits per heavy atom. The summed E-state index contributed by atoms with van der Waals surface area (Å²) in [6.07, 6.45) is 4.83. The van der Waals surface area contributed by atoms with Crippen molar-refractivity contribution in [2.24, 2.45) is 23.7 Å². The first-order valence-electron chi connectivity index (χ1n) is 19.0. The van der Waals surface area contributed by atoms with E-state index in [1.54, 1.807) is 31.5 Å². The zero-order valence-corrected chi connectivity index (χ0v) is 29.6. The Morgan fingerprint density at radius 1 is 0.925 bits per heavy atom. The number of fused-ring (bicyclic) bond motifs is 2. The summed E-state index contributed by atoms with van der Waals surface area (Å²) in [4.78, 5) is 35.1. The lowest BCUT2D eigenvalue weighted by Gasteiger charge is -2.50. The number of carboxylic acids is 1. The molecule has 286 valence electrons. The maximum absolute atomic E-state index is 14.8. The number of benzene rings is 1. The van der Waals surface area contributed by atoms with Crippen LogP contribution >= 0.6 is 0 Å². The van der Waals surface area contributed by atoms with Gasteiger partial charge in [0.2, 0.25) is 5.92 Å². The first-order valence-corrected chi connectivity index (χ1v) is 19.0. The van der Waals surface area contributed by atoms with Gasteiger partial charge in [-0.05, 0) is 106 Å². The lowest BCUT2D eigenvalue weighted by atomic mass is 9.58. The molecule has 0 saturated heterocycles. The molecule has 1 aromatic carbocycles. The van der Waals surface area contributed by atoms with Gasteiger partial charge in [-0.1, -0.05) is 6.42 Å². The van der Waals surface area contributed by atoms with Crippen LogP contribution in [0, 0.1) is 23.7 Å². The van der Waals surface area contributed by atoms with E-state index in [1.807, 2.05) is 4.57 Å². The van der Waals surface area contributed by atoms with Crippen molar-refractivity contribution < 1.29 is 46.1 Å². The molecule has 4 bridgehead atoms. The number of aromatic nitrogens is 3. The molecule has 5 unspecified atom stereocenters. The summed E-state index contributed by atoms with van der Waals surface area (Å²) in [5, 5.41) is 13.7. The third-order valence-corrected chi connectivity index (χ3v) is 13.1. The molecule has 5 atom stereocenters. The standard InChI is InChI=1S/C39H45F5N4O5/c1-52-26-4-6-27(7-5-26)53-28-8-9-29-31(20-48(32(29)18-28)25-10-12-37(40,41)13-11-25)34-45-19-30(33(46-34)39(42,43)44)35(49)47-38(36(50)51)23-3-2-21-14-22(16-23)17-24(38)15-21/h8-9,18-27H,2-7,10-17H2,1H3,(H,47,49)(H,50,51). The minimum atomic E-state index is -5.07. The maximum Gasteiger partial charge on any atom is 0.434 e. The van der Waals surface area contributed by atoms with Gasteiger partial charge in [-0.2, -0.15) is 13.2 Å². The van der Waals surface area contributed by atoms with E-state index in [0.29, 0.717) is 54.2 Å². The molecule has 6 aliphatic carbocycles. The number of nitrogens with zero attached hydrogens (tertiary/aromatic N) is 3. The number of alkyl halides is 5. The van der Waals surface area contributed by atoms with Crippen LogP contribution in [0.3, 0.4) is 0 Å². The third-order valence-electron chi connectivity index (χ3n) is 13.1. The quantitative estimate of drug-likeness (QED) is 0.222. The zero-order valence-electron chi connectivity index (χ0n) is 29.6. The Hall–Kier alpha value is -3.81. The fourth-order valence-electron chi connectivity index (χ4n) is 10.5. The van der Waals surface area contributed by atoms with Crippen LogP contribution in [0.1, 0.15) is 112 Å². The van der Waals surface area contributed by atoms with E-state index in [1.165, 1.54) is 0 Å². The summed E-state index contributed by atoms with van der Waals surface area (Å²) < 4.78 is 86.5. The molecule has 0 spiro atoms. The molecule has 9 nitrogen and oxygen atoms in total. The van der Waals surface area contributed by atoms with Crippen LogP contribution in [-0.4, -0.2) is 62.3 Å². The van der Waals surface area contributed by atoms with Crippen molar-refractivity contribution in [2.45, 2.75) is 126 Å². The smallest absolute Gasteiger partial charge is 0.434 e. The molecule has 9 rings (SSSR count). The second-order valence-corrected chi connectivity index (χ2v) is 16.2. The van der Waals surface area contributed by atoms with Gasteiger partial charge in [0, 0.05) is 55.4 Å². The minimum absolute atomic E-state index is 0.0463. The van der Waals surface area contributed by atoms with Crippen molar-refractivity contribution in [2.75, 3.05) is 7.11 Å². The average molecular weight is 745 g/mol. The molecule has 6 saturated carbocycles. The van der Waals surface area contributed by atoms with Gasteiger partial charge < -0.3 is 24.5 Å². The Balaban J connectivity index is 1.15. The SMILES string of the molecule is COC1CCC(Oc2ccc3c(-c4ncc(C(=O)NC5(C(=O)O)C6CCC7CC(C6)CC5C7)c(C(F)(F)F)n4)cn(C4CCC(F)(F)CC4)c3c2)CC1. The van der Waals surface area contributed by atoms with Crippen LogP contribution < -0.4 is 10.1 Å². The topological polar surface area (TPSA) is 116 Å². The molecule has 2 heterocycles. The highest BCUT2D eigenvalue weighted by atomic mass is 19.4. The first-order chi connectivity index (χ1) is 25.2. The Labute approximate surface area is 304 Å². The van der Waals surface area contributed by atoms with Crippen LogP contribution in [0.25, 0.3) is 22.3 Å². The minimum Gasteiger partial charge on any atom is -0.490 e. The van der Waals surface area contributed by atoms with E-state index >= 15 is 0 Å².